The number of primary amides is 1. The first-order chi connectivity index (χ1) is 21.5. The van der Waals surface area contributed by atoms with E-state index in [1.165, 1.54) is 19.9 Å². The van der Waals surface area contributed by atoms with Crippen molar-refractivity contribution in [1.29, 1.82) is 0 Å². The number of ketones is 2. The van der Waals surface area contributed by atoms with Gasteiger partial charge < -0.3 is 26.7 Å². The predicted molar refractivity (Wildman–Crippen MR) is 193 cm³/mol. The number of unbranched alkanes of at least 4 members (excludes halogenated alkanes) is 1. The number of amides is 1. The van der Waals surface area contributed by atoms with Gasteiger partial charge in [0, 0.05) is 36.6 Å². The number of allylic oxidation sites excluding steroid dienone is 1. The minimum Gasteiger partial charge on any atom is -0.443 e. The van der Waals surface area contributed by atoms with Crippen molar-refractivity contribution in [3.8, 4) is 0 Å². The van der Waals surface area contributed by atoms with Crippen LogP contribution in [0.3, 0.4) is 0 Å². The van der Waals surface area contributed by atoms with Crippen LogP contribution in [-0.2, 0) is 19.1 Å². The molecular weight excluding hydrogens is 578 g/mol. The Hall–Kier alpha value is -2.03. The van der Waals surface area contributed by atoms with Crippen molar-refractivity contribution in [2.24, 2.45) is 52.7 Å². The number of ether oxygens (including phenoxy) is 2. The number of hydrogen-bond acceptors (Lipinski definition) is 7. The van der Waals surface area contributed by atoms with Gasteiger partial charge in [-0.3, -0.25) is 9.59 Å². The Labute approximate surface area is 283 Å². The lowest BCUT2D eigenvalue weighted by Gasteiger charge is -2.40. The van der Waals surface area contributed by atoms with Gasteiger partial charge in [-0.05, 0) is 76.3 Å². The van der Waals surface area contributed by atoms with Gasteiger partial charge in [-0.2, -0.15) is 0 Å². The van der Waals surface area contributed by atoms with Crippen LogP contribution < -0.4 is 17.2 Å². The highest BCUT2D eigenvalue weighted by atomic mass is 16.6. The Balaban J connectivity index is 0. The second-order valence-corrected chi connectivity index (χ2v) is 13.6. The Morgan fingerprint density at radius 2 is 1.52 bits per heavy atom. The lowest BCUT2D eigenvalue weighted by molar-refractivity contribution is -0.125. The molecule has 270 valence electrons. The summed E-state index contributed by atoms with van der Waals surface area (Å²) in [6.07, 6.45) is 5.93. The minimum absolute atomic E-state index is 0.0402. The van der Waals surface area contributed by atoms with Crippen LogP contribution in [-0.4, -0.2) is 48.6 Å². The molecule has 0 bridgehead atoms. The van der Waals surface area contributed by atoms with Crippen molar-refractivity contribution in [3.05, 3.63) is 24.3 Å². The third-order valence-corrected chi connectivity index (χ3v) is 9.88. The third-order valence-electron chi connectivity index (χ3n) is 9.88. The molecule has 46 heavy (non-hydrogen) atoms. The standard InChI is InChI=1S/C31H52N2O5.C4H10.C2H6.CH5N/c1-10-24-13-28(34)23(8)21(6)22(7)27(15-26-14-25(32)12-20(5)37-26)17(2)11-18(3)29(35)19(4)16-31(24,9)38-30(33)36;1-3-4-2;2*1-2/h17-18,20,22-27H,4,6,10-16,32H2,1-3,5,7-9H3,(H2,33,36);3-4H2,1-2H3;1-2H3;2H2,1H3/t17?,18-,20?,22?,23?,24?,25?,26?,27+,31+;;;/m1.../s1. The summed E-state index contributed by atoms with van der Waals surface area (Å²) in [4.78, 5) is 38.9. The Morgan fingerprint density at radius 1 is 0.978 bits per heavy atom. The maximum atomic E-state index is 13.6. The maximum absolute atomic E-state index is 13.6. The molecule has 8 heteroatoms. The Kier molecular flexibility index (Phi) is 23.4. The molecule has 2 rings (SSSR count). The number of carbonyl (C=O) groups is 3. The van der Waals surface area contributed by atoms with Crippen LogP contribution in [0.2, 0.25) is 0 Å². The Morgan fingerprint density at radius 3 is 1.98 bits per heavy atom. The molecule has 1 aliphatic heterocycles. The van der Waals surface area contributed by atoms with E-state index in [9.17, 15) is 14.4 Å². The van der Waals surface area contributed by atoms with Gasteiger partial charge in [0.25, 0.3) is 0 Å². The topological polar surface area (TPSA) is 148 Å². The zero-order chi connectivity index (χ0) is 36.4. The van der Waals surface area contributed by atoms with Gasteiger partial charge in [0.15, 0.2) is 5.78 Å². The smallest absolute Gasteiger partial charge is 0.405 e. The van der Waals surface area contributed by atoms with Crippen LogP contribution >= 0.6 is 0 Å². The van der Waals surface area contributed by atoms with E-state index in [1.807, 2.05) is 34.6 Å². The second kappa shape index (κ2) is 23.3. The molecule has 10 atom stereocenters. The zero-order valence-corrected chi connectivity index (χ0v) is 31.7. The molecule has 1 amide bonds. The average molecular weight is 652 g/mol. The van der Waals surface area contributed by atoms with E-state index < -0.39 is 11.7 Å². The number of rotatable bonds is 5. The van der Waals surface area contributed by atoms with Crippen LogP contribution in [0.1, 0.15) is 134 Å². The number of hydrogen-bond donors (Lipinski definition) is 3. The summed E-state index contributed by atoms with van der Waals surface area (Å²) in [6, 6.07) is 0.114. The maximum Gasteiger partial charge on any atom is 0.405 e. The molecule has 0 aromatic rings. The monoisotopic (exact) mass is 652 g/mol. The fourth-order valence-corrected chi connectivity index (χ4v) is 6.96. The normalized spacial score (nSPS) is 34.3. The van der Waals surface area contributed by atoms with Crippen LogP contribution in [0.15, 0.2) is 24.3 Å². The van der Waals surface area contributed by atoms with Gasteiger partial charge in [-0.25, -0.2) is 4.79 Å². The van der Waals surface area contributed by atoms with Gasteiger partial charge in [0.2, 0.25) is 0 Å². The first-order valence-corrected chi connectivity index (χ1v) is 17.9. The van der Waals surface area contributed by atoms with Gasteiger partial charge in [-0.15, -0.1) is 0 Å². The minimum atomic E-state index is -1.11. The van der Waals surface area contributed by atoms with Gasteiger partial charge in [0.1, 0.15) is 11.4 Å². The van der Waals surface area contributed by atoms with Crippen molar-refractivity contribution in [1.82, 2.24) is 0 Å². The Bertz CT molecular complexity index is 925. The third kappa shape index (κ3) is 14.8. The highest BCUT2D eigenvalue weighted by molar-refractivity contribution is 5.96. The SMILES string of the molecule is C=C1C[C@](C)(OC(N)=O)C(CC)CC(=O)C(C)C(=C)C(C)[C@@H](CC2CC(N)CC(C)O2)C(C)C[C@@H](C)C1=O.CC.CCCC.CN. The second-order valence-electron chi connectivity index (χ2n) is 13.6. The molecule has 2 aliphatic rings. The molecule has 2 fully saturated rings. The molecule has 7 unspecified atom stereocenters. The molecule has 0 spiro atoms. The first-order valence-electron chi connectivity index (χ1n) is 17.9. The first kappa shape index (κ1) is 46.1. The zero-order valence-electron chi connectivity index (χ0n) is 31.7. The van der Waals surface area contributed by atoms with Crippen molar-refractivity contribution in [2.75, 3.05) is 7.05 Å². The largest absolute Gasteiger partial charge is 0.443 e. The number of carbonyl (C=O) groups excluding carboxylic acids is 3. The summed E-state index contributed by atoms with van der Waals surface area (Å²) >= 11 is 0. The molecule has 1 aliphatic carbocycles. The molecule has 0 aromatic carbocycles. The average Bonchev–Trinajstić information content (AvgIpc) is 3.01. The van der Waals surface area contributed by atoms with E-state index in [0.29, 0.717) is 18.4 Å². The predicted octanol–water partition coefficient (Wildman–Crippen LogP) is 8.15. The van der Waals surface area contributed by atoms with Crippen molar-refractivity contribution in [3.63, 3.8) is 0 Å². The molecular formula is C38H73N3O5. The van der Waals surface area contributed by atoms with Crippen LogP contribution in [0.25, 0.3) is 0 Å². The van der Waals surface area contributed by atoms with Crippen LogP contribution in [0, 0.1) is 35.5 Å². The summed E-state index contributed by atoms with van der Waals surface area (Å²) < 4.78 is 11.9. The molecule has 1 saturated carbocycles. The lowest BCUT2D eigenvalue weighted by Crippen LogP contribution is -2.44. The van der Waals surface area contributed by atoms with Gasteiger partial charge in [-0.1, -0.05) is 93.9 Å². The van der Waals surface area contributed by atoms with Gasteiger partial charge in [0.05, 0.1) is 12.2 Å². The summed E-state index contributed by atoms with van der Waals surface area (Å²) in [5, 5.41) is 0. The van der Waals surface area contributed by atoms with Crippen molar-refractivity contribution >= 4 is 17.7 Å². The molecule has 1 heterocycles. The molecule has 0 aromatic heterocycles. The molecule has 1 saturated heterocycles. The number of Topliss-reactive ketones (excluding diaryl/α,β-unsaturated/α-hetero) is 2. The van der Waals surface area contributed by atoms with Crippen LogP contribution in [0.5, 0.6) is 0 Å². The summed E-state index contributed by atoms with van der Waals surface area (Å²) in [6.45, 7) is 30.8. The highest BCUT2D eigenvalue weighted by Gasteiger charge is 2.42. The molecule has 8 nitrogen and oxygen atoms in total. The van der Waals surface area contributed by atoms with Crippen LogP contribution in [0.4, 0.5) is 4.79 Å². The fourth-order valence-electron chi connectivity index (χ4n) is 6.96. The van der Waals surface area contributed by atoms with E-state index in [-0.39, 0.29) is 78.2 Å². The van der Waals surface area contributed by atoms with E-state index >= 15 is 0 Å². The molecule has 6 N–H and O–H groups in total. The lowest BCUT2D eigenvalue weighted by atomic mass is 9.68. The summed E-state index contributed by atoms with van der Waals surface area (Å²) in [5.74, 6) is -0.528. The van der Waals surface area contributed by atoms with Gasteiger partial charge >= 0.3 is 6.09 Å². The van der Waals surface area contributed by atoms with E-state index in [0.717, 1.165) is 24.8 Å². The van der Waals surface area contributed by atoms with E-state index in [2.05, 4.69) is 53.5 Å². The highest BCUT2D eigenvalue weighted by Crippen LogP contribution is 2.41. The van der Waals surface area contributed by atoms with Crippen molar-refractivity contribution in [2.45, 2.75) is 158 Å². The fraction of sp³-hybridized carbons (Fsp3) is 0.816. The number of nitrogens with two attached hydrogens (primary N) is 3. The van der Waals surface area contributed by atoms with Crippen molar-refractivity contribution < 1.29 is 23.9 Å². The van der Waals surface area contributed by atoms with E-state index in [1.54, 1.807) is 6.92 Å². The quantitative estimate of drug-likeness (QED) is 0.201. The molecule has 0 radical (unpaired) electrons. The summed E-state index contributed by atoms with van der Waals surface area (Å²) in [5.41, 5.74) is 16.4. The summed E-state index contributed by atoms with van der Waals surface area (Å²) in [7, 11) is 1.50. The van der Waals surface area contributed by atoms with E-state index in [4.69, 9.17) is 20.9 Å².